The van der Waals surface area contributed by atoms with E-state index in [1.807, 2.05) is 24.3 Å². The van der Waals surface area contributed by atoms with Crippen LogP contribution in [0.25, 0.3) is 11.0 Å². The van der Waals surface area contributed by atoms with Crippen molar-refractivity contribution in [1.82, 2.24) is 0 Å². The molecule has 0 unspecified atom stereocenters. The standard InChI is InChI=1S/C26H22O7/c1-3-30-26(28)17-8-10-19(11-9-17)33-24-16-32-23-14-20(12-13-21(23)25(24)27)31-15-18-6-4-5-7-22(18)29-2/h4-14,16H,3,15H2,1-2H3. The first-order valence-electron chi connectivity index (χ1n) is 10.3. The first-order chi connectivity index (χ1) is 16.1. The zero-order valence-corrected chi connectivity index (χ0v) is 18.2. The number of hydrogen-bond acceptors (Lipinski definition) is 7. The Kier molecular flexibility index (Phi) is 6.59. The summed E-state index contributed by atoms with van der Waals surface area (Å²) in [5, 5.41) is 0.361. The number of para-hydroxylation sites is 1. The molecule has 168 valence electrons. The summed E-state index contributed by atoms with van der Waals surface area (Å²) in [6.07, 6.45) is 1.26. The minimum atomic E-state index is -0.419. The molecule has 0 bridgehead atoms. The molecule has 7 heteroatoms. The van der Waals surface area contributed by atoms with Crippen LogP contribution in [0, 0.1) is 0 Å². The van der Waals surface area contributed by atoms with Crippen LogP contribution in [0.15, 0.2) is 82.2 Å². The van der Waals surface area contributed by atoms with Gasteiger partial charge in [-0.15, -0.1) is 0 Å². The molecule has 1 aromatic heterocycles. The molecule has 0 atom stereocenters. The van der Waals surface area contributed by atoms with Crippen LogP contribution in [0.2, 0.25) is 0 Å². The third kappa shape index (κ3) is 4.98. The average molecular weight is 446 g/mol. The molecule has 3 aromatic carbocycles. The molecule has 0 saturated heterocycles. The van der Waals surface area contributed by atoms with Crippen molar-refractivity contribution in [3.63, 3.8) is 0 Å². The molecule has 0 amide bonds. The zero-order valence-electron chi connectivity index (χ0n) is 18.2. The maximum atomic E-state index is 12.9. The van der Waals surface area contributed by atoms with E-state index in [-0.39, 0.29) is 11.2 Å². The molecular formula is C26H22O7. The molecule has 1 heterocycles. The molecule has 0 spiro atoms. The van der Waals surface area contributed by atoms with E-state index < -0.39 is 5.97 Å². The van der Waals surface area contributed by atoms with Crippen LogP contribution in [0.5, 0.6) is 23.0 Å². The molecule has 4 rings (SSSR count). The Morgan fingerprint density at radius 3 is 2.45 bits per heavy atom. The van der Waals surface area contributed by atoms with Crippen molar-refractivity contribution >= 4 is 16.9 Å². The summed E-state index contributed by atoms with van der Waals surface area (Å²) in [5.74, 6) is 1.31. The van der Waals surface area contributed by atoms with Gasteiger partial charge in [-0.25, -0.2) is 4.79 Å². The highest BCUT2D eigenvalue weighted by Gasteiger charge is 2.12. The molecule has 7 nitrogen and oxygen atoms in total. The molecule has 0 radical (unpaired) electrons. The van der Waals surface area contributed by atoms with E-state index in [0.717, 1.165) is 11.3 Å². The maximum Gasteiger partial charge on any atom is 0.338 e. The van der Waals surface area contributed by atoms with Crippen molar-refractivity contribution in [3.05, 3.63) is 94.3 Å². The molecule has 4 aromatic rings. The third-order valence-corrected chi connectivity index (χ3v) is 4.89. The number of methoxy groups -OCH3 is 1. The van der Waals surface area contributed by atoms with Crippen molar-refractivity contribution in [1.29, 1.82) is 0 Å². The lowest BCUT2D eigenvalue weighted by atomic mass is 10.2. The third-order valence-electron chi connectivity index (χ3n) is 4.89. The quantitative estimate of drug-likeness (QED) is 0.337. The Morgan fingerprint density at radius 1 is 0.939 bits per heavy atom. The van der Waals surface area contributed by atoms with E-state index in [4.69, 9.17) is 23.4 Å². The fraction of sp³-hybridized carbons (Fsp3) is 0.154. The largest absolute Gasteiger partial charge is 0.496 e. The van der Waals surface area contributed by atoms with Crippen molar-refractivity contribution in [2.45, 2.75) is 13.5 Å². The number of ether oxygens (including phenoxy) is 4. The molecule has 0 saturated carbocycles. The Hall–Kier alpha value is -4.26. The monoisotopic (exact) mass is 446 g/mol. The SMILES string of the molecule is CCOC(=O)c1ccc(Oc2coc3cc(OCc4ccccc4OC)ccc3c2=O)cc1. The lowest BCUT2D eigenvalue weighted by molar-refractivity contribution is 0.0526. The second-order valence-corrected chi connectivity index (χ2v) is 7.03. The predicted octanol–water partition coefficient (Wildman–Crippen LogP) is 5.35. The lowest BCUT2D eigenvalue weighted by Gasteiger charge is -2.11. The fourth-order valence-electron chi connectivity index (χ4n) is 3.23. The van der Waals surface area contributed by atoms with E-state index in [0.29, 0.717) is 41.2 Å². The van der Waals surface area contributed by atoms with E-state index in [2.05, 4.69) is 0 Å². The maximum absolute atomic E-state index is 12.9. The molecule has 0 aliphatic carbocycles. The second-order valence-electron chi connectivity index (χ2n) is 7.03. The van der Waals surface area contributed by atoms with Gasteiger partial charge in [0.2, 0.25) is 11.2 Å². The van der Waals surface area contributed by atoms with Crippen molar-refractivity contribution in [2.24, 2.45) is 0 Å². The van der Waals surface area contributed by atoms with Gasteiger partial charge in [0.15, 0.2) is 0 Å². The van der Waals surface area contributed by atoms with E-state index in [9.17, 15) is 9.59 Å². The second kappa shape index (κ2) is 9.91. The number of fused-ring (bicyclic) bond motifs is 1. The number of carbonyl (C=O) groups is 1. The van der Waals surface area contributed by atoms with Crippen LogP contribution < -0.4 is 19.6 Å². The summed E-state index contributed by atoms with van der Waals surface area (Å²) < 4.78 is 27.4. The van der Waals surface area contributed by atoms with Crippen LogP contribution in [0.4, 0.5) is 0 Å². The number of benzene rings is 3. The first-order valence-corrected chi connectivity index (χ1v) is 10.3. The summed E-state index contributed by atoms with van der Waals surface area (Å²) in [6.45, 7) is 2.34. The Labute approximate surface area is 190 Å². The van der Waals surface area contributed by atoms with Gasteiger partial charge in [-0.1, -0.05) is 18.2 Å². The number of hydrogen-bond donors (Lipinski definition) is 0. The van der Waals surface area contributed by atoms with Gasteiger partial charge in [0.1, 0.15) is 35.7 Å². The first kappa shape index (κ1) is 22.0. The normalized spacial score (nSPS) is 10.6. The number of rotatable bonds is 8. The van der Waals surface area contributed by atoms with Crippen LogP contribution in [-0.2, 0) is 11.3 Å². The topological polar surface area (TPSA) is 84.2 Å². The van der Waals surface area contributed by atoms with Crippen LogP contribution in [0.1, 0.15) is 22.8 Å². The lowest BCUT2D eigenvalue weighted by Crippen LogP contribution is -2.06. The van der Waals surface area contributed by atoms with Crippen LogP contribution >= 0.6 is 0 Å². The summed E-state index contributed by atoms with van der Waals surface area (Å²) in [4.78, 5) is 24.6. The Morgan fingerprint density at radius 2 is 1.70 bits per heavy atom. The van der Waals surface area contributed by atoms with Gasteiger partial charge >= 0.3 is 5.97 Å². The van der Waals surface area contributed by atoms with Gasteiger partial charge in [0.05, 0.1) is 24.7 Å². The summed E-state index contributed by atoms with van der Waals surface area (Å²) in [5.41, 5.74) is 1.36. The van der Waals surface area contributed by atoms with Gasteiger partial charge in [-0.2, -0.15) is 0 Å². The number of esters is 1. The van der Waals surface area contributed by atoms with Gasteiger partial charge in [0, 0.05) is 11.6 Å². The van der Waals surface area contributed by atoms with Crippen molar-refractivity contribution in [3.8, 4) is 23.0 Å². The number of carbonyl (C=O) groups excluding carboxylic acids is 1. The van der Waals surface area contributed by atoms with Gasteiger partial charge < -0.3 is 23.4 Å². The highest BCUT2D eigenvalue weighted by molar-refractivity contribution is 5.89. The predicted molar refractivity (Wildman–Crippen MR) is 122 cm³/mol. The fourth-order valence-corrected chi connectivity index (χ4v) is 3.23. The highest BCUT2D eigenvalue weighted by atomic mass is 16.5. The Balaban J connectivity index is 1.50. The molecule has 33 heavy (non-hydrogen) atoms. The molecular weight excluding hydrogens is 424 g/mol. The molecule has 0 N–H and O–H groups in total. The summed E-state index contributed by atoms with van der Waals surface area (Å²) >= 11 is 0. The van der Waals surface area contributed by atoms with Gasteiger partial charge in [-0.05, 0) is 49.4 Å². The van der Waals surface area contributed by atoms with Gasteiger partial charge in [-0.3, -0.25) is 4.79 Å². The minimum Gasteiger partial charge on any atom is -0.496 e. The van der Waals surface area contributed by atoms with Crippen molar-refractivity contribution in [2.75, 3.05) is 13.7 Å². The molecule has 0 aliphatic heterocycles. The molecule has 0 aliphatic rings. The van der Waals surface area contributed by atoms with E-state index >= 15 is 0 Å². The Bertz CT molecular complexity index is 1320. The minimum absolute atomic E-state index is 0.0362. The zero-order chi connectivity index (χ0) is 23.2. The van der Waals surface area contributed by atoms with Gasteiger partial charge in [0.25, 0.3) is 0 Å². The summed E-state index contributed by atoms with van der Waals surface area (Å²) in [7, 11) is 1.61. The highest BCUT2D eigenvalue weighted by Crippen LogP contribution is 2.26. The summed E-state index contributed by atoms with van der Waals surface area (Å²) in [6, 6.07) is 18.9. The van der Waals surface area contributed by atoms with Crippen LogP contribution in [0.3, 0.4) is 0 Å². The van der Waals surface area contributed by atoms with Crippen LogP contribution in [-0.4, -0.2) is 19.7 Å². The smallest absolute Gasteiger partial charge is 0.338 e. The van der Waals surface area contributed by atoms with E-state index in [1.165, 1.54) is 6.26 Å². The molecule has 0 fully saturated rings. The van der Waals surface area contributed by atoms with E-state index in [1.54, 1.807) is 56.5 Å². The van der Waals surface area contributed by atoms with Crippen molar-refractivity contribution < 1.29 is 28.2 Å². The average Bonchev–Trinajstić information content (AvgIpc) is 2.85.